The largest absolute Gasteiger partial charge is 0.483 e. The van der Waals surface area contributed by atoms with Crippen LogP contribution in [0.15, 0.2) is 18.2 Å². The SMILES string of the molecule is Cc1cccc(OCC(=O)N(C2CCCCC2)C2CCCCC2)c1C. The average molecular weight is 344 g/mol. The van der Waals surface area contributed by atoms with Crippen LogP contribution in [-0.2, 0) is 4.79 Å². The van der Waals surface area contributed by atoms with E-state index in [0.29, 0.717) is 12.1 Å². The molecule has 0 spiro atoms. The normalized spacial score (nSPS) is 19.6. The van der Waals surface area contributed by atoms with Gasteiger partial charge in [-0.05, 0) is 56.7 Å². The molecule has 0 atom stereocenters. The number of amides is 1. The summed E-state index contributed by atoms with van der Waals surface area (Å²) in [5, 5.41) is 0. The molecule has 3 nitrogen and oxygen atoms in total. The second-order valence-electron chi connectivity index (χ2n) is 7.87. The van der Waals surface area contributed by atoms with Gasteiger partial charge >= 0.3 is 0 Å². The predicted molar refractivity (Wildman–Crippen MR) is 102 cm³/mol. The zero-order chi connectivity index (χ0) is 17.6. The lowest BCUT2D eigenvalue weighted by Gasteiger charge is -2.41. The summed E-state index contributed by atoms with van der Waals surface area (Å²) < 4.78 is 5.95. The third-order valence-electron chi connectivity index (χ3n) is 6.13. The maximum absolute atomic E-state index is 13.1. The van der Waals surface area contributed by atoms with Crippen LogP contribution < -0.4 is 4.74 Å². The molecule has 0 radical (unpaired) electrons. The number of carbonyl (C=O) groups excluding carboxylic acids is 1. The Morgan fingerprint density at radius 2 is 1.52 bits per heavy atom. The van der Waals surface area contributed by atoms with Crippen LogP contribution in [-0.4, -0.2) is 29.5 Å². The minimum absolute atomic E-state index is 0.178. The minimum atomic E-state index is 0.178. The molecule has 0 heterocycles. The van der Waals surface area contributed by atoms with E-state index in [1.165, 1.54) is 69.8 Å². The van der Waals surface area contributed by atoms with Crippen molar-refractivity contribution in [1.29, 1.82) is 0 Å². The molecule has 2 aliphatic carbocycles. The number of hydrogen-bond acceptors (Lipinski definition) is 2. The molecule has 1 aromatic rings. The van der Waals surface area contributed by atoms with E-state index >= 15 is 0 Å². The first-order chi connectivity index (χ1) is 12.2. The molecule has 0 bridgehead atoms. The molecule has 1 aromatic carbocycles. The highest BCUT2D eigenvalue weighted by Crippen LogP contribution is 2.30. The van der Waals surface area contributed by atoms with Gasteiger partial charge in [0.2, 0.25) is 0 Å². The van der Waals surface area contributed by atoms with E-state index in [2.05, 4.69) is 24.8 Å². The number of rotatable bonds is 5. The first kappa shape index (κ1) is 18.3. The Hall–Kier alpha value is -1.51. The molecule has 138 valence electrons. The summed E-state index contributed by atoms with van der Waals surface area (Å²) in [7, 11) is 0. The van der Waals surface area contributed by atoms with Crippen LogP contribution in [0.5, 0.6) is 5.75 Å². The smallest absolute Gasteiger partial charge is 0.261 e. The Balaban J connectivity index is 1.68. The van der Waals surface area contributed by atoms with Crippen LogP contribution in [0.2, 0.25) is 0 Å². The highest BCUT2D eigenvalue weighted by molar-refractivity contribution is 5.78. The zero-order valence-corrected chi connectivity index (χ0v) is 15.9. The van der Waals surface area contributed by atoms with E-state index in [9.17, 15) is 4.79 Å². The number of benzene rings is 1. The highest BCUT2D eigenvalue weighted by Gasteiger charge is 2.32. The Morgan fingerprint density at radius 1 is 0.960 bits per heavy atom. The molecule has 0 unspecified atom stereocenters. The average Bonchev–Trinajstić information content (AvgIpc) is 2.65. The first-order valence-electron chi connectivity index (χ1n) is 10.2. The van der Waals surface area contributed by atoms with Crippen molar-refractivity contribution in [3.05, 3.63) is 29.3 Å². The van der Waals surface area contributed by atoms with E-state index in [-0.39, 0.29) is 12.5 Å². The molecular weight excluding hydrogens is 310 g/mol. The van der Waals surface area contributed by atoms with E-state index in [4.69, 9.17) is 4.74 Å². The second-order valence-corrected chi connectivity index (χ2v) is 7.87. The van der Waals surface area contributed by atoms with Crippen LogP contribution in [0.3, 0.4) is 0 Å². The summed E-state index contributed by atoms with van der Waals surface area (Å²) in [6, 6.07) is 6.93. The second kappa shape index (κ2) is 8.73. The van der Waals surface area contributed by atoms with E-state index in [1.807, 2.05) is 12.1 Å². The molecule has 25 heavy (non-hydrogen) atoms. The number of aryl methyl sites for hydroxylation is 1. The quantitative estimate of drug-likeness (QED) is 0.737. The number of nitrogens with zero attached hydrogens (tertiary/aromatic N) is 1. The maximum atomic E-state index is 13.1. The van der Waals surface area contributed by atoms with E-state index in [0.717, 1.165) is 11.3 Å². The predicted octanol–water partition coefficient (Wildman–Crippen LogP) is 5.18. The zero-order valence-electron chi connectivity index (χ0n) is 15.9. The molecule has 3 rings (SSSR count). The molecular formula is C22H33NO2. The topological polar surface area (TPSA) is 29.5 Å². The molecule has 2 fully saturated rings. The molecule has 0 saturated heterocycles. The highest BCUT2D eigenvalue weighted by atomic mass is 16.5. The molecule has 2 saturated carbocycles. The van der Waals surface area contributed by atoms with Crippen molar-refractivity contribution >= 4 is 5.91 Å². The van der Waals surface area contributed by atoms with Gasteiger partial charge in [0.05, 0.1) is 0 Å². The van der Waals surface area contributed by atoms with Gasteiger partial charge in [-0.2, -0.15) is 0 Å². The standard InChI is InChI=1S/C22H33NO2/c1-17-10-9-15-21(18(17)2)25-16-22(24)23(19-11-5-3-6-12-19)20-13-7-4-8-14-20/h9-10,15,19-20H,3-8,11-14,16H2,1-2H3. The summed E-state index contributed by atoms with van der Waals surface area (Å²) in [5.41, 5.74) is 2.35. The fourth-order valence-electron chi connectivity index (χ4n) is 4.52. The van der Waals surface area contributed by atoms with Gasteiger partial charge in [0.15, 0.2) is 6.61 Å². The summed E-state index contributed by atoms with van der Waals surface area (Å²) in [4.78, 5) is 15.4. The Morgan fingerprint density at radius 3 is 2.08 bits per heavy atom. The van der Waals surface area contributed by atoms with Crippen molar-refractivity contribution in [3.8, 4) is 5.75 Å². The third kappa shape index (κ3) is 4.56. The first-order valence-corrected chi connectivity index (χ1v) is 10.2. The molecule has 0 aromatic heterocycles. The van der Waals surface area contributed by atoms with Gasteiger partial charge < -0.3 is 9.64 Å². The van der Waals surface area contributed by atoms with Gasteiger partial charge in [0, 0.05) is 12.1 Å². The molecule has 3 heteroatoms. The fourth-order valence-corrected chi connectivity index (χ4v) is 4.52. The summed E-state index contributed by atoms with van der Waals surface area (Å²) in [5.74, 6) is 1.04. The van der Waals surface area contributed by atoms with Crippen molar-refractivity contribution in [2.45, 2.75) is 90.1 Å². The van der Waals surface area contributed by atoms with Crippen molar-refractivity contribution in [2.24, 2.45) is 0 Å². The van der Waals surface area contributed by atoms with Gasteiger partial charge in [-0.15, -0.1) is 0 Å². The third-order valence-corrected chi connectivity index (χ3v) is 6.13. The number of carbonyl (C=O) groups is 1. The van der Waals surface area contributed by atoms with E-state index < -0.39 is 0 Å². The molecule has 2 aliphatic rings. The number of hydrogen-bond donors (Lipinski definition) is 0. The van der Waals surface area contributed by atoms with Gasteiger partial charge in [0.1, 0.15) is 5.75 Å². The number of ether oxygens (including phenoxy) is 1. The van der Waals surface area contributed by atoms with Crippen LogP contribution in [0.4, 0.5) is 0 Å². The van der Waals surface area contributed by atoms with Gasteiger partial charge in [-0.25, -0.2) is 0 Å². The lowest BCUT2D eigenvalue weighted by molar-refractivity contribution is -0.140. The molecule has 1 amide bonds. The maximum Gasteiger partial charge on any atom is 0.261 e. The van der Waals surface area contributed by atoms with E-state index in [1.54, 1.807) is 0 Å². The minimum Gasteiger partial charge on any atom is -0.483 e. The van der Waals surface area contributed by atoms with Crippen LogP contribution in [0, 0.1) is 13.8 Å². The van der Waals surface area contributed by atoms with Crippen LogP contribution >= 0.6 is 0 Å². The van der Waals surface area contributed by atoms with Gasteiger partial charge in [-0.1, -0.05) is 50.7 Å². The van der Waals surface area contributed by atoms with Crippen molar-refractivity contribution < 1.29 is 9.53 Å². The van der Waals surface area contributed by atoms with Gasteiger partial charge in [-0.3, -0.25) is 4.79 Å². The fraction of sp³-hybridized carbons (Fsp3) is 0.682. The Bertz CT molecular complexity index is 553. The van der Waals surface area contributed by atoms with Crippen molar-refractivity contribution in [2.75, 3.05) is 6.61 Å². The Labute approximate surface area is 152 Å². The molecule has 0 aliphatic heterocycles. The summed E-state index contributed by atoms with van der Waals surface area (Å²) in [6.07, 6.45) is 12.4. The lowest BCUT2D eigenvalue weighted by Crippen LogP contribution is -2.50. The monoisotopic (exact) mass is 343 g/mol. The Kier molecular flexibility index (Phi) is 6.39. The van der Waals surface area contributed by atoms with Crippen molar-refractivity contribution in [3.63, 3.8) is 0 Å². The van der Waals surface area contributed by atoms with Gasteiger partial charge in [0.25, 0.3) is 5.91 Å². The summed E-state index contributed by atoms with van der Waals surface area (Å²) >= 11 is 0. The van der Waals surface area contributed by atoms with Crippen LogP contribution in [0.1, 0.15) is 75.3 Å². The van der Waals surface area contributed by atoms with Crippen LogP contribution in [0.25, 0.3) is 0 Å². The van der Waals surface area contributed by atoms with Crippen molar-refractivity contribution in [1.82, 2.24) is 4.90 Å². The molecule has 0 N–H and O–H groups in total. The summed E-state index contributed by atoms with van der Waals surface area (Å²) in [6.45, 7) is 4.33. The lowest BCUT2D eigenvalue weighted by atomic mass is 9.88.